The number of ether oxygens (including phenoxy) is 2. The Morgan fingerprint density at radius 1 is 1.35 bits per heavy atom. The quantitative estimate of drug-likeness (QED) is 0.446. The monoisotopic (exact) mass is 240 g/mol. The number of rotatable bonds is 5. The molecule has 92 valence electrons. The van der Waals surface area contributed by atoms with E-state index < -0.39 is 17.6 Å². The molecule has 0 bridgehead atoms. The standard InChI is InChI=1S/C12H13FO4/c1-3-17-12(15)11(14)10-5-4-9(13)6-8(10)7-16-2/h4-6H,3,7H2,1-2H3. The Balaban J connectivity index is 3.03. The van der Waals surface area contributed by atoms with Gasteiger partial charge in [0.25, 0.3) is 5.78 Å². The molecule has 0 aliphatic carbocycles. The lowest BCUT2D eigenvalue weighted by Crippen LogP contribution is -2.19. The lowest BCUT2D eigenvalue weighted by molar-refractivity contribution is -0.137. The van der Waals surface area contributed by atoms with E-state index in [0.29, 0.717) is 5.56 Å². The van der Waals surface area contributed by atoms with Gasteiger partial charge < -0.3 is 9.47 Å². The van der Waals surface area contributed by atoms with Gasteiger partial charge in [0, 0.05) is 12.7 Å². The molecule has 0 unspecified atom stereocenters. The number of ketones is 1. The normalized spacial score (nSPS) is 10.1. The van der Waals surface area contributed by atoms with Crippen LogP contribution in [0.15, 0.2) is 18.2 Å². The van der Waals surface area contributed by atoms with Crippen molar-refractivity contribution in [2.24, 2.45) is 0 Å². The number of hydrogen-bond acceptors (Lipinski definition) is 4. The number of halogens is 1. The molecule has 17 heavy (non-hydrogen) atoms. The first kappa shape index (κ1) is 13.3. The van der Waals surface area contributed by atoms with Crippen LogP contribution >= 0.6 is 0 Å². The number of methoxy groups -OCH3 is 1. The Hall–Kier alpha value is -1.75. The summed E-state index contributed by atoms with van der Waals surface area (Å²) in [7, 11) is 1.42. The van der Waals surface area contributed by atoms with Gasteiger partial charge in [-0.15, -0.1) is 0 Å². The Bertz CT molecular complexity index is 429. The van der Waals surface area contributed by atoms with Gasteiger partial charge in [-0.1, -0.05) is 0 Å². The number of carbonyl (C=O) groups excluding carboxylic acids is 2. The van der Waals surface area contributed by atoms with Crippen LogP contribution in [0.3, 0.4) is 0 Å². The largest absolute Gasteiger partial charge is 0.460 e. The van der Waals surface area contributed by atoms with Crippen molar-refractivity contribution in [2.45, 2.75) is 13.5 Å². The Kier molecular flexibility index (Phi) is 4.78. The second kappa shape index (κ2) is 6.10. The molecule has 0 saturated heterocycles. The second-order valence-corrected chi connectivity index (χ2v) is 3.28. The van der Waals surface area contributed by atoms with Crippen molar-refractivity contribution < 1.29 is 23.5 Å². The average Bonchev–Trinajstić information content (AvgIpc) is 2.29. The molecule has 4 nitrogen and oxygen atoms in total. The minimum atomic E-state index is -0.948. The highest BCUT2D eigenvalue weighted by Gasteiger charge is 2.20. The van der Waals surface area contributed by atoms with E-state index in [0.717, 1.165) is 12.1 Å². The van der Waals surface area contributed by atoms with Gasteiger partial charge >= 0.3 is 5.97 Å². The van der Waals surface area contributed by atoms with E-state index in [9.17, 15) is 14.0 Å². The average molecular weight is 240 g/mol. The van der Waals surface area contributed by atoms with Crippen LogP contribution in [0.4, 0.5) is 4.39 Å². The summed E-state index contributed by atoms with van der Waals surface area (Å²) in [4.78, 5) is 23.0. The zero-order valence-electron chi connectivity index (χ0n) is 9.66. The fourth-order valence-corrected chi connectivity index (χ4v) is 1.37. The summed E-state index contributed by atoms with van der Waals surface area (Å²) < 4.78 is 22.4. The first-order valence-electron chi connectivity index (χ1n) is 5.09. The van der Waals surface area contributed by atoms with Crippen molar-refractivity contribution in [3.63, 3.8) is 0 Å². The summed E-state index contributed by atoms with van der Waals surface area (Å²) in [5, 5.41) is 0. The summed E-state index contributed by atoms with van der Waals surface area (Å²) in [6.45, 7) is 1.77. The van der Waals surface area contributed by atoms with Gasteiger partial charge in [0.2, 0.25) is 0 Å². The smallest absolute Gasteiger partial charge is 0.379 e. The molecule has 0 atom stereocenters. The summed E-state index contributed by atoms with van der Waals surface area (Å²) >= 11 is 0. The molecule has 0 aliphatic rings. The van der Waals surface area contributed by atoms with E-state index in [1.807, 2.05) is 0 Å². The lowest BCUT2D eigenvalue weighted by atomic mass is 10.0. The lowest BCUT2D eigenvalue weighted by Gasteiger charge is -2.07. The molecule has 0 spiro atoms. The number of carbonyl (C=O) groups is 2. The van der Waals surface area contributed by atoms with Crippen molar-refractivity contribution >= 4 is 11.8 Å². The number of Topliss-reactive ketones (excluding diaryl/α,β-unsaturated/α-hetero) is 1. The summed E-state index contributed by atoms with van der Waals surface area (Å²) in [6, 6.07) is 3.53. The first-order valence-corrected chi connectivity index (χ1v) is 5.09. The third-order valence-corrected chi connectivity index (χ3v) is 2.07. The Morgan fingerprint density at radius 2 is 2.06 bits per heavy atom. The molecule has 0 aliphatic heterocycles. The van der Waals surface area contributed by atoms with Gasteiger partial charge in [-0.2, -0.15) is 0 Å². The number of hydrogen-bond donors (Lipinski definition) is 0. The molecular weight excluding hydrogens is 227 g/mol. The van der Waals surface area contributed by atoms with Crippen LogP contribution in [0.25, 0.3) is 0 Å². The first-order chi connectivity index (χ1) is 8.10. The fraction of sp³-hybridized carbons (Fsp3) is 0.333. The molecule has 0 aromatic heterocycles. The van der Waals surface area contributed by atoms with Crippen LogP contribution in [0.5, 0.6) is 0 Å². The fourth-order valence-electron chi connectivity index (χ4n) is 1.37. The van der Waals surface area contributed by atoms with Gasteiger partial charge in [0.1, 0.15) is 5.82 Å². The topological polar surface area (TPSA) is 52.6 Å². The third-order valence-electron chi connectivity index (χ3n) is 2.07. The summed E-state index contributed by atoms with van der Waals surface area (Å²) in [5.74, 6) is -2.23. The zero-order chi connectivity index (χ0) is 12.8. The maximum atomic E-state index is 13.0. The Morgan fingerprint density at radius 3 is 2.65 bits per heavy atom. The minimum absolute atomic E-state index is 0.0538. The van der Waals surface area contributed by atoms with Gasteiger partial charge in [-0.25, -0.2) is 9.18 Å². The predicted molar refractivity (Wildman–Crippen MR) is 58.1 cm³/mol. The van der Waals surface area contributed by atoms with E-state index in [-0.39, 0.29) is 18.8 Å². The molecule has 0 radical (unpaired) electrons. The van der Waals surface area contributed by atoms with Crippen molar-refractivity contribution in [1.29, 1.82) is 0 Å². The zero-order valence-corrected chi connectivity index (χ0v) is 9.66. The van der Waals surface area contributed by atoms with Crippen LogP contribution in [0.2, 0.25) is 0 Å². The van der Waals surface area contributed by atoms with E-state index in [1.165, 1.54) is 13.2 Å². The molecule has 1 rings (SSSR count). The molecule has 0 saturated carbocycles. The maximum Gasteiger partial charge on any atom is 0.379 e. The molecule has 0 amide bonds. The van der Waals surface area contributed by atoms with Crippen molar-refractivity contribution in [3.8, 4) is 0 Å². The van der Waals surface area contributed by atoms with Gasteiger partial charge in [0.05, 0.1) is 13.2 Å². The highest BCUT2D eigenvalue weighted by molar-refractivity contribution is 6.41. The summed E-state index contributed by atoms with van der Waals surface area (Å²) in [6.07, 6.45) is 0. The third kappa shape index (κ3) is 3.35. The highest BCUT2D eigenvalue weighted by atomic mass is 19.1. The van der Waals surface area contributed by atoms with Crippen LogP contribution in [-0.4, -0.2) is 25.5 Å². The van der Waals surface area contributed by atoms with Crippen LogP contribution in [0, 0.1) is 5.82 Å². The second-order valence-electron chi connectivity index (χ2n) is 3.28. The van der Waals surface area contributed by atoms with E-state index in [1.54, 1.807) is 6.92 Å². The molecule has 1 aromatic carbocycles. The molecular formula is C12H13FO4. The molecule has 0 fully saturated rings. The van der Waals surface area contributed by atoms with Crippen molar-refractivity contribution in [3.05, 3.63) is 35.1 Å². The molecule has 0 heterocycles. The molecule has 5 heteroatoms. The van der Waals surface area contributed by atoms with Crippen LogP contribution in [-0.2, 0) is 20.9 Å². The highest BCUT2D eigenvalue weighted by Crippen LogP contribution is 2.14. The SMILES string of the molecule is CCOC(=O)C(=O)c1ccc(F)cc1COC. The van der Waals surface area contributed by atoms with Crippen LogP contribution < -0.4 is 0 Å². The number of benzene rings is 1. The minimum Gasteiger partial charge on any atom is -0.460 e. The molecule has 0 N–H and O–H groups in total. The van der Waals surface area contributed by atoms with E-state index >= 15 is 0 Å². The van der Waals surface area contributed by atoms with Crippen molar-refractivity contribution in [2.75, 3.05) is 13.7 Å². The van der Waals surface area contributed by atoms with Crippen molar-refractivity contribution in [1.82, 2.24) is 0 Å². The number of esters is 1. The predicted octanol–water partition coefficient (Wildman–Crippen LogP) is 1.72. The Labute approximate surface area is 98.3 Å². The van der Waals surface area contributed by atoms with Gasteiger partial charge in [-0.05, 0) is 30.7 Å². The van der Waals surface area contributed by atoms with E-state index in [2.05, 4.69) is 4.74 Å². The van der Waals surface area contributed by atoms with Gasteiger partial charge in [0.15, 0.2) is 0 Å². The van der Waals surface area contributed by atoms with E-state index in [4.69, 9.17) is 4.74 Å². The van der Waals surface area contributed by atoms with Gasteiger partial charge in [-0.3, -0.25) is 4.79 Å². The maximum absolute atomic E-state index is 13.0. The van der Waals surface area contributed by atoms with Crippen LogP contribution in [0.1, 0.15) is 22.8 Å². The molecule has 1 aromatic rings. The summed E-state index contributed by atoms with van der Waals surface area (Å²) in [5.41, 5.74) is 0.428.